The van der Waals surface area contributed by atoms with Crippen LogP contribution in [-0.2, 0) is 14.3 Å². The number of carbonyl (C=O) groups is 2. The van der Waals surface area contributed by atoms with E-state index in [2.05, 4.69) is 0 Å². The summed E-state index contributed by atoms with van der Waals surface area (Å²) in [7, 11) is 0. The number of nitrogens with two attached hydrogens (primary N) is 1. The van der Waals surface area contributed by atoms with E-state index in [1.165, 1.54) is 0 Å². The highest BCUT2D eigenvalue weighted by molar-refractivity contribution is 5.75. The summed E-state index contributed by atoms with van der Waals surface area (Å²) in [6, 6.07) is 0. The first-order valence-corrected chi connectivity index (χ1v) is 5.41. The minimum Gasteiger partial charge on any atom is -0.479 e. The molecule has 1 saturated heterocycles. The number of nitrogens with zero attached hydrogens (tertiary/aromatic N) is 1. The van der Waals surface area contributed by atoms with Gasteiger partial charge in [0.15, 0.2) is 6.10 Å². The molecule has 1 amide bonds. The van der Waals surface area contributed by atoms with Crippen LogP contribution in [0.25, 0.3) is 0 Å². The molecular formula is C10H18N2O4. The summed E-state index contributed by atoms with van der Waals surface area (Å²) in [4.78, 5) is 23.3. The quantitative estimate of drug-likeness (QED) is 0.637. The molecule has 2 atom stereocenters. The van der Waals surface area contributed by atoms with Gasteiger partial charge in [0.1, 0.15) is 0 Å². The van der Waals surface area contributed by atoms with Crippen molar-refractivity contribution >= 4 is 11.9 Å². The Labute approximate surface area is 94.3 Å². The lowest BCUT2D eigenvalue weighted by atomic mass is 10.2. The molecule has 0 saturated carbocycles. The fraction of sp³-hybridized carbons (Fsp3) is 0.800. The van der Waals surface area contributed by atoms with Crippen molar-refractivity contribution in [2.24, 2.45) is 5.73 Å². The lowest BCUT2D eigenvalue weighted by Crippen LogP contribution is -2.39. The van der Waals surface area contributed by atoms with E-state index in [1.54, 1.807) is 0 Å². The molecule has 0 aromatic heterocycles. The number of primary amides is 1. The monoisotopic (exact) mass is 230 g/mol. The summed E-state index contributed by atoms with van der Waals surface area (Å²) in [6.45, 7) is 3.37. The lowest BCUT2D eigenvalue weighted by molar-refractivity contribution is -0.149. The second-order valence-electron chi connectivity index (χ2n) is 3.96. The Balaban J connectivity index is 2.37. The van der Waals surface area contributed by atoms with Gasteiger partial charge in [-0.1, -0.05) is 6.92 Å². The van der Waals surface area contributed by atoms with Gasteiger partial charge in [-0.05, 0) is 19.4 Å². The van der Waals surface area contributed by atoms with E-state index in [1.807, 2.05) is 11.8 Å². The molecule has 0 aromatic rings. The summed E-state index contributed by atoms with van der Waals surface area (Å²) in [6.07, 6.45) is 0.443. The first-order chi connectivity index (χ1) is 7.52. The number of hydrogen-bond acceptors (Lipinski definition) is 4. The van der Waals surface area contributed by atoms with Crippen molar-refractivity contribution in [1.29, 1.82) is 0 Å². The van der Waals surface area contributed by atoms with E-state index in [4.69, 9.17) is 15.6 Å². The van der Waals surface area contributed by atoms with Crippen molar-refractivity contribution in [3.8, 4) is 0 Å². The Morgan fingerprint density at radius 1 is 1.50 bits per heavy atom. The summed E-state index contributed by atoms with van der Waals surface area (Å²) in [5.41, 5.74) is 5.10. The van der Waals surface area contributed by atoms with E-state index < -0.39 is 12.1 Å². The molecule has 1 rings (SSSR count). The van der Waals surface area contributed by atoms with Crippen LogP contribution in [0.3, 0.4) is 0 Å². The van der Waals surface area contributed by atoms with Crippen LogP contribution in [0.15, 0.2) is 0 Å². The highest BCUT2D eigenvalue weighted by atomic mass is 16.5. The van der Waals surface area contributed by atoms with Crippen molar-refractivity contribution in [3.63, 3.8) is 0 Å². The molecule has 2 unspecified atom stereocenters. The maximum atomic E-state index is 10.8. The lowest BCUT2D eigenvalue weighted by Gasteiger charge is -2.22. The van der Waals surface area contributed by atoms with Gasteiger partial charge in [-0.25, -0.2) is 4.79 Å². The minimum atomic E-state index is -0.916. The number of hydrogen-bond donors (Lipinski definition) is 2. The second-order valence-corrected chi connectivity index (χ2v) is 3.96. The van der Waals surface area contributed by atoms with Gasteiger partial charge in [-0.15, -0.1) is 0 Å². The maximum absolute atomic E-state index is 10.8. The van der Waals surface area contributed by atoms with Crippen LogP contribution in [0.1, 0.15) is 19.8 Å². The third kappa shape index (κ3) is 3.79. The van der Waals surface area contributed by atoms with E-state index in [0.717, 1.165) is 0 Å². The number of amides is 1. The smallest absolute Gasteiger partial charge is 0.332 e. The molecule has 0 bridgehead atoms. The molecule has 1 heterocycles. The standard InChI is InChI=1S/C10H18N2O4/c1-2-12(6-9(11)13)5-7-3-4-8(16-7)10(14)15/h7-8H,2-6H2,1H3,(H2,11,13)(H,14,15). The number of carboxylic acids is 1. The molecule has 6 nitrogen and oxygen atoms in total. The van der Waals surface area contributed by atoms with Gasteiger partial charge < -0.3 is 15.6 Å². The van der Waals surface area contributed by atoms with Crippen LogP contribution in [0.4, 0.5) is 0 Å². The van der Waals surface area contributed by atoms with Gasteiger partial charge in [0, 0.05) is 6.54 Å². The van der Waals surface area contributed by atoms with Crippen molar-refractivity contribution < 1.29 is 19.4 Å². The zero-order valence-electron chi connectivity index (χ0n) is 9.39. The fourth-order valence-corrected chi connectivity index (χ4v) is 1.84. The Kier molecular flexibility index (Phi) is 4.70. The van der Waals surface area contributed by atoms with E-state index in [0.29, 0.717) is 25.9 Å². The predicted molar refractivity (Wildman–Crippen MR) is 56.8 cm³/mol. The van der Waals surface area contributed by atoms with Gasteiger partial charge >= 0.3 is 5.97 Å². The summed E-state index contributed by atoms with van der Waals surface area (Å²) in [5, 5.41) is 8.76. The summed E-state index contributed by atoms with van der Waals surface area (Å²) >= 11 is 0. The number of carbonyl (C=O) groups excluding carboxylic acids is 1. The highest BCUT2D eigenvalue weighted by Gasteiger charge is 2.31. The molecule has 16 heavy (non-hydrogen) atoms. The van der Waals surface area contributed by atoms with Crippen molar-refractivity contribution in [2.75, 3.05) is 19.6 Å². The Morgan fingerprint density at radius 2 is 2.19 bits per heavy atom. The normalized spacial score (nSPS) is 24.9. The molecule has 1 fully saturated rings. The average molecular weight is 230 g/mol. The van der Waals surface area contributed by atoms with Crippen molar-refractivity contribution in [2.45, 2.75) is 32.0 Å². The topological polar surface area (TPSA) is 92.9 Å². The molecule has 0 aromatic carbocycles. The number of likely N-dealkylation sites (N-methyl/N-ethyl adjacent to an activating group) is 1. The molecular weight excluding hydrogens is 212 g/mol. The van der Waals surface area contributed by atoms with Crippen LogP contribution in [0, 0.1) is 0 Å². The zero-order chi connectivity index (χ0) is 12.1. The van der Waals surface area contributed by atoms with Crippen LogP contribution in [0.2, 0.25) is 0 Å². The molecule has 1 aliphatic heterocycles. The molecule has 3 N–H and O–H groups in total. The SMILES string of the molecule is CCN(CC(N)=O)CC1CCC(C(=O)O)O1. The van der Waals surface area contributed by atoms with Crippen LogP contribution in [-0.4, -0.2) is 53.7 Å². The van der Waals surface area contributed by atoms with Crippen LogP contribution in [0.5, 0.6) is 0 Å². The van der Waals surface area contributed by atoms with E-state index >= 15 is 0 Å². The zero-order valence-corrected chi connectivity index (χ0v) is 9.39. The largest absolute Gasteiger partial charge is 0.479 e. The summed E-state index contributed by atoms with van der Waals surface area (Å²) in [5.74, 6) is -1.30. The first-order valence-electron chi connectivity index (χ1n) is 5.41. The average Bonchev–Trinajstić information content (AvgIpc) is 2.64. The van der Waals surface area contributed by atoms with Gasteiger partial charge in [-0.2, -0.15) is 0 Å². The number of ether oxygens (including phenoxy) is 1. The molecule has 6 heteroatoms. The van der Waals surface area contributed by atoms with Gasteiger partial charge in [0.25, 0.3) is 0 Å². The predicted octanol–water partition coefficient (Wildman–Crippen LogP) is -0.574. The van der Waals surface area contributed by atoms with Crippen molar-refractivity contribution in [1.82, 2.24) is 4.90 Å². The van der Waals surface area contributed by atoms with E-state index in [9.17, 15) is 9.59 Å². The van der Waals surface area contributed by atoms with Gasteiger partial charge in [0.05, 0.1) is 12.6 Å². The Hall–Kier alpha value is -1.14. The highest BCUT2D eigenvalue weighted by Crippen LogP contribution is 2.20. The second kappa shape index (κ2) is 5.81. The summed E-state index contributed by atoms with van der Waals surface area (Å²) < 4.78 is 5.34. The van der Waals surface area contributed by atoms with Crippen LogP contribution >= 0.6 is 0 Å². The minimum absolute atomic E-state index is 0.111. The van der Waals surface area contributed by atoms with Crippen LogP contribution < -0.4 is 5.73 Å². The van der Waals surface area contributed by atoms with Gasteiger partial charge in [-0.3, -0.25) is 9.69 Å². The number of aliphatic carboxylic acids is 1. The third-order valence-corrected chi connectivity index (χ3v) is 2.67. The van der Waals surface area contributed by atoms with Gasteiger partial charge in [0.2, 0.25) is 5.91 Å². The molecule has 1 aliphatic rings. The molecule has 0 radical (unpaired) electrons. The number of carboxylic acid groups (broad SMARTS) is 1. The third-order valence-electron chi connectivity index (χ3n) is 2.67. The molecule has 0 aliphatic carbocycles. The van der Waals surface area contributed by atoms with E-state index in [-0.39, 0.29) is 18.6 Å². The Bertz CT molecular complexity index is 270. The first kappa shape index (κ1) is 12.9. The fourth-order valence-electron chi connectivity index (χ4n) is 1.84. The maximum Gasteiger partial charge on any atom is 0.332 e. The number of rotatable bonds is 6. The van der Waals surface area contributed by atoms with Crippen molar-refractivity contribution in [3.05, 3.63) is 0 Å². The molecule has 92 valence electrons. The Morgan fingerprint density at radius 3 is 2.62 bits per heavy atom. The molecule has 0 spiro atoms.